The number of hydrogen-bond acceptors (Lipinski definition) is 2. The van der Waals surface area contributed by atoms with Crippen molar-refractivity contribution in [2.24, 2.45) is 0 Å². The van der Waals surface area contributed by atoms with Crippen LogP contribution in [0.15, 0.2) is 45.9 Å². The molecule has 2 unspecified atom stereocenters. The Morgan fingerprint density at radius 3 is 1.88 bits per heavy atom. The minimum atomic E-state index is -5.11. The van der Waals surface area contributed by atoms with Crippen molar-refractivity contribution in [1.82, 2.24) is 4.98 Å². The zero-order valence-electron chi connectivity index (χ0n) is 11.8. The molecule has 2 atom stereocenters. The van der Waals surface area contributed by atoms with Crippen LogP contribution in [0.4, 0.5) is 30.7 Å². The highest BCUT2D eigenvalue weighted by molar-refractivity contribution is 9.10. The first-order valence-corrected chi connectivity index (χ1v) is 8.36. The Morgan fingerprint density at radius 1 is 0.960 bits per heavy atom. The first-order chi connectivity index (χ1) is 11.4. The van der Waals surface area contributed by atoms with Gasteiger partial charge in [-0.05, 0) is 46.3 Å². The van der Waals surface area contributed by atoms with Gasteiger partial charge in [0.15, 0.2) is 0 Å². The van der Waals surface area contributed by atoms with Gasteiger partial charge in [0.25, 0.3) is 0 Å². The highest BCUT2D eigenvalue weighted by Gasteiger charge is 2.38. The second-order valence-electron chi connectivity index (χ2n) is 4.76. The second-order valence-corrected chi connectivity index (χ2v) is 7.15. The lowest BCUT2D eigenvalue weighted by Crippen LogP contribution is -2.13. The number of pyridine rings is 1. The molecule has 11 heteroatoms. The Morgan fingerprint density at radius 2 is 1.48 bits per heavy atom. The van der Waals surface area contributed by atoms with Gasteiger partial charge >= 0.3 is 12.4 Å². The Bertz CT molecular complexity index is 757. The Balaban J connectivity index is 2.49. The molecule has 2 nitrogen and oxygen atoms in total. The highest BCUT2D eigenvalue weighted by atomic mass is 79.9. The predicted molar refractivity (Wildman–Crippen MR) is 78.6 cm³/mol. The van der Waals surface area contributed by atoms with Gasteiger partial charge in [0.1, 0.15) is 0 Å². The summed E-state index contributed by atoms with van der Waals surface area (Å²) in [5.41, 5.74) is -6.10. The summed E-state index contributed by atoms with van der Waals surface area (Å²) in [7, 11) is -2.82. The summed E-state index contributed by atoms with van der Waals surface area (Å²) >= 11 is 3.03. The third-order valence-corrected chi connectivity index (χ3v) is 4.75. The number of halogens is 8. The largest absolute Gasteiger partial charge is 0.416 e. The lowest BCUT2D eigenvalue weighted by molar-refractivity contribution is -0.143. The van der Waals surface area contributed by atoms with Crippen molar-refractivity contribution in [3.8, 4) is 0 Å². The summed E-state index contributed by atoms with van der Waals surface area (Å²) < 4.78 is 104. The maximum atomic E-state index is 14.3. The van der Waals surface area contributed by atoms with Crippen LogP contribution in [0.2, 0.25) is 0 Å². The fourth-order valence-electron chi connectivity index (χ4n) is 1.79. The first kappa shape index (κ1) is 19.8. The summed E-state index contributed by atoms with van der Waals surface area (Å²) in [5, 5.41) is 0. The molecule has 136 valence electrons. The topological polar surface area (TPSA) is 30.0 Å². The molecule has 0 amide bonds. The molecule has 0 N–H and O–H groups in total. The van der Waals surface area contributed by atoms with Crippen LogP contribution in [0.3, 0.4) is 0 Å². The van der Waals surface area contributed by atoms with Crippen molar-refractivity contribution in [3.05, 3.63) is 57.8 Å². The zero-order chi connectivity index (χ0) is 19.0. The third kappa shape index (κ3) is 4.78. The van der Waals surface area contributed by atoms with Gasteiger partial charge in [0, 0.05) is 15.6 Å². The van der Waals surface area contributed by atoms with Crippen LogP contribution >= 0.6 is 15.9 Å². The lowest BCUT2D eigenvalue weighted by atomic mass is 10.1. The molecule has 0 spiro atoms. The van der Waals surface area contributed by atoms with E-state index in [-0.39, 0.29) is 23.9 Å². The van der Waals surface area contributed by atoms with Gasteiger partial charge in [0.05, 0.1) is 27.6 Å². The van der Waals surface area contributed by atoms with Gasteiger partial charge in [-0.2, -0.15) is 26.3 Å². The Labute approximate surface area is 147 Å². The van der Waals surface area contributed by atoms with E-state index >= 15 is 0 Å². The molecular weight excluding hydrogens is 443 g/mol. The minimum Gasteiger partial charge on any atom is -0.256 e. The maximum absolute atomic E-state index is 14.3. The third-order valence-electron chi connectivity index (χ3n) is 2.96. The molecular formula is C14H7BrF7NOS. The number of rotatable bonds is 3. The van der Waals surface area contributed by atoms with E-state index in [2.05, 4.69) is 20.9 Å². The summed E-state index contributed by atoms with van der Waals surface area (Å²) in [4.78, 5) is 2.68. The van der Waals surface area contributed by atoms with Crippen LogP contribution in [0.25, 0.3) is 0 Å². The number of benzene rings is 1. The molecule has 0 aliphatic carbocycles. The van der Waals surface area contributed by atoms with Crippen molar-refractivity contribution >= 4 is 26.7 Å². The zero-order valence-corrected chi connectivity index (χ0v) is 14.2. The van der Waals surface area contributed by atoms with E-state index in [0.29, 0.717) is 4.47 Å². The van der Waals surface area contributed by atoms with Gasteiger partial charge in [-0.25, -0.2) is 4.39 Å². The van der Waals surface area contributed by atoms with E-state index in [0.717, 1.165) is 12.3 Å². The van der Waals surface area contributed by atoms with Crippen LogP contribution in [0, 0.1) is 0 Å². The van der Waals surface area contributed by atoms with Crippen molar-refractivity contribution in [2.45, 2.75) is 22.8 Å². The second kappa shape index (κ2) is 7.02. The molecule has 0 radical (unpaired) electrons. The normalized spacial score (nSPS) is 15.0. The molecule has 0 fully saturated rings. The van der Waals surface area contributed by atoms with Crippen LogP contribution < -0.4 is 0 Å². The lowest BCUT2D eigenvalue weighted by Gasteiger charge is -2.15. The number of alkyl halides is 7. The molecule has 0 aliphatic rings. The molecule has 2 rings (SSSR count). The Kier molecular flexibility index (Phi) is 5.57. The molecule has 25 heavy (non-hydrogen) atoms. The Hall–Kier alpha value is -1.49. The minimum absolute atomic E-state index is 0.119. The van der Waals surface area contributed by atoms with E-state index in [9.17, 15) is 34.9 Å². The van der Waals surface area contributed by atoms with Gasteiger partial charge in [0.2, 0.25) is 5.50 Å². The fourth-order valence-corrected chi connectivity index (χ4v) is 3.11. The van der Waals surface area contributed by atoms with Crippen LogP contribution in [-0.4, -0.2) is 9.19 Å². The molecule has 1 heterocycles. The van der Waals surface area contributed by atoms with E-state index in [4.69, 9.17) is 0 Å². The van der Waals surface area contributed by atoms with Crippen molar-refractivity contribution < 1.29 is 34.9 Å². The van der Waals surface area contributed by atoms with Crippen LogP contribution in [0.1, 0.15) is 22.3 Å². The standard InChI is InChI=1S/C14H7BrF7NOS/c15-9-1-2-11(23-6-9)12(16)25(24)10-4-7(13(17,18)19)3-8(5-10)14(20,21)22/h1-6,12H. The van der Waals surface area contributed by atoms with Crippen LogP contribution in [0.5, 0.6) is 0 Å². The van der Waals surface area contributed by atoms with Crippen molar-refractivity contribution in [1.29, 1.82) is 0 Å². The SMILES string of the molecule is O=S(c1cc(C(F)(F)F)cc(C(F)(F)F)c1)C(F)c1ccc(Br)cn1. The molecule has 0 aliphatic heterocycles. The summed E-state index contributed by atoms with van der Waals surface area (Å²) in [6.45, 7) is 0. The van der Waals surface area contributed by atoms with Gasteiger partial charge in [-0.1, -0.05) is 0 Å². The maximum Gasteiger partial charge on any atom is 0.416 e. The average Bonchev–Trinajstić information content (AvgIpc) is 2.52. The first-order valence-electron chi connectivity index (χ1n) is 6.35. The average molecular weight is 450 g/mol. The summed E-state index contributed by atoms with van der Waals surface area (Å²) in [5.74, 6) is 0. The molecule has 1 aromatic carbocycles. The molecule has 2 aromatic rings. The monoisotopic (exact) mass is 449 g/mol. The van der Waals surface area contributed by atoms with E-state index in [1.54, 1.807) is 0 Å². The highest BCUT2D eigenvalue weighted by Crippen LogP contribution is 2.38. The van der Waals surface area contributed by atoms with E-state index in [1.807, 2.05) is 0 Å². The number of aromatic nitrogens is 1. The van der Waals surface area contributed by atoms with Crippen LogP contribution in [-0.2, 0) is 23.2 Å². The summed E-state index contributed by atoms with van der Waals surface area (Å²) in [6.07, 6.45) is -9.06. The number of hydrogen-bond donors (Lipinski definition) is 0. The van der Waals surface area contributed by atoms with Crippen molar-refractivity contribution in [3.63, 3.8) is 0 Å². The molecule has 0 saturated heterocycles. The smallest absolute Gasteiger partial charge is 0.256 e. The molecule has 0 bridgehead atoms. The predicted octanol–water partition coefficient (Wildman–Crippen LogP) is 5.66. The van der Waals surface area contributed by atoms with Gasteiger partial charge in [-0.15, -0.1) is 0 Å². The molecule has 1 aromatic heterocycles. The molecule has 0 saturated carbocycles. The van der Waals surface area contributed by atoms with Crippen molar-refractivity contribution in [2.75, 3.05) is 0 Å². The van der Waals surface area contributed by atoms with Gasteiger partial charge < -0.3 is 0 Å². The van der Waals surface area contributed by atoms with E-state index in [1.165, 1.54) is 6.07 Å². The number of nitrogens with zero attached hydrogens (tertiary/aromatic N) is 1. The summed E-state index contributed by atoms with van der Waals surface area (Å²) in [6, 6.07) is 2.81. The van der Waals surface area contributed by atoms with Gasteiger partial charge in [-0.3, -0.25) is 9.19 Å². The fraction of sp³-hybridized carbons (Fsp3) is 0.214. The quantitative estimate of drug-likeness (QED) is 0.566. The van der Waals surface area contributed by atoms with E-state index < -0.39 is 44.7 Å².